The average Bonchev–Trinajstić information content (AvgIpc) is 2.46. The lowest BCUT2D eigenvalue weighted by molar-refractivity contribution is -0.386. The minimum absolute atomic E-state index is 0.0980. The lowest BCUT2D eigenvalue weighted by Gasteiger charge is -2.09. The molecule has 0 saturated carbocycles. The van der Waals surface area contributed by atoms with Gasteiger partial charge in [-0.25, -0.2) is 4.98 Å². The molecule has 2 aromatic rings. The summed E-state index contributed by atoms with van der Waals surface area (Å²) in [4.78, 5) is 14.7. The summed E-state index contributed by atoms with van der Waals surface area (Å²) in [5, 5.41) is 14.9. The monoisotopic (exact) mass is 275 g/mol. The predicted molar refractivity (Wildman–Crippen MR) is 77.1 cm³/mol. The van der Waals surface area contributed by atoms with Crippen LogP contribution in [0.4, 0.5) is 5.69 Å². The van der Waals surface area contributed by atoms with Crippen molar-refractivity contribution in [1.29, 1.82) is 0 Å². The van der Waals surface area contributed by atoms with Gasteiger partial charge in [-0.3, -0.25) is 10.1 Å². The number of nitrogens with zero attached hydrogens (tertiary/aromatic N) is 2. The van der Waals surface area contributed by atoms with E-state index in [2.05, 4.69) is 17.2 Å². The number of nitro groups is 1. The summed E-state index contributed by atoms with van der Waals surface area (Å²) >= 11 is 0. The zero-order valence-electron chi connectivity index (χ0n) is 11.3. The molecule has 0 aliphatic heterocycles. The number of benzene rings is 1. The van der Waals surface area contributed by atoms with Gasteiger partial charge in [0.1, 0.15) is 12.8 Å². The van der Waals surface area contributed by atoms with Crippen LogP contribution in [0.15, 0.2) is 30.5 Å². The van der Waals surface area contributed by atoms with E-state index < -0.39 is 4.92 Å². The van der Waals surface area contributed by atoms with Gasteiger partial charge in [-0.2, -0.15) is 0 Å². The summed E-state index contributed by atoms with van der Waals surface area (Å²) in [6.45, 7) is 4.02. The standard InChI is InChI=1S/C14H17N3O3/c1-2-7-15-8-9-20-14-11-5-3-4-6-12(11)16-10-13(14)17(18)19/h3-6,10,15H,2,7-9H2,1H3. The molecule has 0 saturated heterocycles. The highest BCUT2D eigenvalue weighted by Crippen LogP contribution is 2.33. The van der Waals surface area contributed by atoms with Crippen LogP contribution < -0.4 is 10.1 Å². The molecule has 1 aromatic heterocycles. The second kappa shape index (κ2) is 6.81. The van der Waals surface area contributed by atoms with E-state index in [4.69, 9.17) is 4.74 Å². The molecule has 1 aromatic carbocycles. The Labute approximate surface area is 116 Å². The van der Waals surface area contributed by atoms with Crippen LogP contribution >= 0.6 is 0 Å². The first-order valence-corrected chi connectivity index (χ1v) is 6.59. The number of rotatable bonds is 7. The van der Waals surface area contributed by atoms with Crippen LogP contribution in [0.2, 0.25) is 0 Å². The van der Waals surface area contributed by atoms with Gasteiger partial charge in [0.15, 0.2) is 0 Å². The zero-order valence-corrected chi connectivity index (χ0v) is 11.3. The third-order valence-electron chi connectivity index (χ3n) is 2.86. The summed E-state index contributed by atoms with van der Waals surface area (Å²) < 4.78 is 5.61. The first-order valence-electron chi connectivity index (χ1n) is 6.59. The minimum Gasteiger partial charge on any atom is -0.485 e. The number of hydrogen-bond acceptors (Lipinski definition) is 5. The fourth-order valence-electron chi connectivity index (χ4n) is 1.91. The van der Waals surface area contributed by atoms with Crippen molar-refractivity contribution in [2.75, 3.05) is 19.7 Å². The number of ether oxygens (including phenoxy) is 1. The molecule has 0 aliphatic rings. The third kappa shape index (κ3) is 3.21. The molecule has 0 atom stereocenters. The molecule has 2 rings (SSSR count). The number of para-hydroxylation sites is 1. The first-order chi connectivity index (χ1) is 9.74. The highest BCUT2D eigenvalue weighted by molar-refractivity contribution is 5.88. The second-order valence-electron chi connectivity index (χ2n) is 4.35. The van der Waals surface area contributed by atoms with Crippen LogP contribution in [0.3, 0.4) is 0 Å². The Balaban J connectivity index is 2.23. The SMILES string of the molecule is CCCNCCOc1c([N+](=O)[O-])cnc2ccccc12. The number of pyridine rings is 1. The molecule has 20 heavy (non-hydrogen) atoms. The molecule has 6 heteroatoms. The van der Waals surface area contributed by atoms with Crippen molar-refractivity contribution in [1.82, 2.24) is 10.3 Å². The fraction of sp³-hybridized carbons (Fsp3) is 0.357. The summed E-state index contributed by atoms with van der Waals surface area (Å²) in [6.07, 6.45) is 2.29. The van der Waals surface area contributed by atoms with Gasteiger partial charge in [0, 0.05) is 11.9 Å². The van der Waals surface area contributed by atoms with E-state index in [1.807, 2.05) is 12.1 Å². The molecule has 0 radical (unpaired) electrons. The summed E-state index contributed by atoms with van der Waals surface area (Å²) in [7, 11) is 0. The van der Waals surface area contributed by atoms with E-state index in [9.17, 15) is 10.1 Å². The largest absolute Gasteiger partial charge is 0.485 e. The van der Waals surface area contributed by atoms with E-state index in [0.717, 1.165) is 13.0 Å². The van der Waals surface area contributed by atoms with Crippen LogP contribution in [0.1, 0.15) is 13.3 Å². The topological polar surface area (TPSA) is 77.3 Å². The smallest absolute Gasteiger partial charge is 0.329 e. The normalized spacial score (nSPS) is 10.7. The Hall–Kier alpha value is -2.21. The van der Waals surface area contributed by atoms with Gasteiger partial charge in [-0.05, 0) is 25.1 Å². The zero-order chi connectivity index (χ0) is 14.4. The second-order valence-corrected chi connectivity index (χ2v) is 4.35. The minimum atomic E-state index is -0.464. The van der Waals surface area contributed by atoms with Crippen molar-refractivity contribution in [2.45, 2.75) is 13.3 Å². The van der Waals surface area contributed by atoms with E-state index in [-0.39, 0.29) is 5.69 Å². The maximum atomic E-state index is 11.1. The first kappa shape index (κ1) is 14.2. The number of aromatic nitrogens is 1. The van der Waals surface area contributed by atoms with Gasteiger partial charge < -0.3 is 10.1 Å². The van der Waals surface area contributed by atoms with Crippen molar-refractivity contribution < 1.29 is 9.66 Å². The molecule has 0 bridgehead atoms. The average molecular weight is 275 g/mol. The van der Waals surface area contributed by atoms with Crippen LogP contribution in [0.5, 0.6) is 5.75 Å². The highest BCUT2D eigenvalue weighted by Gasteiger charge is 2.19. The van der Waals surface area contributed by atoms with Crippen molar-refractivity contribution in [3.63, 3.8) is 0 Å². The van der Waals surface area contributed by atoms with Gasteiger partial charge in [0.2, 0.25) is 5.75 Å². The Bertz CT molecular complexity index is 601. The van der Waals surface area contributed by atoms with Gasteiger partial charge in [0.25, 0.3) is 0 Å². The fourth-order valence-corrected chi connectivity index (χ4v) is 1.91. The van der Waals surface area contributed by atoms with E-state index in [0.29, 0.717) is 29.8 Å². The van der Waals surface area contributed by atoms with Gasteiger partial charge in [-0.1, -0.05) is 19.1 Å². The Morgan fingerprint density at radius 2 is 2.15 bits per heavy atom. The van der Waals surface area contributed by atoms with E-state index >= 15 is 0 Å². The van der Waals surface area contributed by atoms with E-state index in [1.54, 1.807) is 12.1 Å². The van der Waals surface area contributed by atoms with Gasteiger partial charge >= 0.3 is 5.69 Å². The Morgan fingerprint density at radius 1 is 1.35 bits per heavy atom. The molecule has 6 nitrogen and oxygen atoms in total. The Morgan fingerprint density at radius 3 is 2.90 bits per heavy atom. The predicted octanol–water partition coefficient (Wildman–Crippen LogP) is 2.52. The molecule has 1 N–H and O–H groups in total. The van der Waals surface area contributed by atoms with Gasteiger partial charge in [-0.15, -0.1) is 0 Å². The molecule has 0 aliphatic carbocycles. The molecule has 0 amide bonds. The van der Waals surface area contributed by atoms with Crippen molar-refractivity contribution in [3.8, 4) is 5.75 Å². The van der Waals surface area contributed by atoms with Crippen molar-refractivity contribution >= 4 is 16.6 Å². The van der Waals surface area contributed by atoms with E-state index in [1.165, 1.54) is 6.20 Å². The lowest BCUT2D eigenvalue weighted by atomic mass is 10.2. The van der Waals surface area contributed by atoms with Crippen molar-refractivity contribution in [3.05, 3.63) is 40.6 Å². The summed E-state index contributed by atoms with van der Waals surface area (Å²) in [6, 6.07) is 7.25. The van der Waals surface area contributed by atoms with Crippen LogP contribution in [-0.2, 0) is 0 Å². The van der Waals surface area contributed by atoms with Crippen molar-refractivity contribution in [2.24, 2.45) is 0 Å². The molecular weight excluding hydrogens is 258 g/mol. The molecule has 1 heterocycles. The molecular formula is C14H17N3O3. The number of hydrogen-bond donors (Lipinski definition) is 1. The maximum absolute atomic E-state index is 11.1. The lowest BCUT2D eigenvalue weighted by Crippen LogP contribution is -2.21. The highest BCUT2D eigenvalue weighted by atomic mass is 16.6. The van der Waals surface area contributed by atoms with Gasteiger partial charge in [0.05, 0.1) is 10.4 Å². The number of nitrogens with one attached hydrogen (secondary N) is 1. The summed E-state index contributed by atoms with van der Waals surface area (Å²) in [5.74, 6) is 0.291. The molecule has 106 valence electrons. The third-order valence-corrected chi connectivity index (χ3v) is 2.86. The molecule has 0 spiro atoms. The molecule has 0 unspecified atom stereocenters. The number of fused-ring (bicyclic) bond motifs is 1. The Kier molecular flexibility index (Phi) is 4.84. The van der Waals surface area contributed by atoms with Crippen LogP contribution in [0, 0.1) is 10.1 Å². The quantitative estimate of drug-likeness (QED) is 0.477. The van der Waals surface area contributed by atoms with Crippen LogP contribution in [0.25, 0.3) is 10.9 Å². The van der Waals surface area contributed by atoms with Crippen LogP contribution in [-0.4, -0.2) is 29.6 Å². The molecule has 0 fully saturated rings. The maximum Gasteiger partial charge on any atom is 0.329 e. The summed E-state index contributed by atoms with van der Waals surface area (Å²) in [5.41, 5.74) is 0.591.